The van der Waals surface area contributed by atoms with Gasteiger partial charge in [0.25, 0.3) is 0 Å². The molecule has 3 aromatic rings. The molecule has 0 aliphatic carbocycles. The van der Waals surface area contributed by atoms with Gasteiger partial charge in [-0.25, -0.2) is 4.98 Å². The summed E-state index contributed by atoms with van der Waals surface area (Å²) in [4.78, 5) is 6.77. The van der Waals surface area contributed by atoms with E-state index in [1.54, 1.807) is 37.3 Å². The number of ether oxygens (including phenoxy) is 2. The molecule has 0 amide bonds. The van der Waals surface area contributed by atoms with Gasteiger partial charge in [0.1, 0.15) is 5.01 Å². The van der Waals surface area contributed by atoms with Crippen LogP contribution in [0, 0.1) is 0 Å². The highest BCUT2D eigenvalue weighted by Gasteiger charge is 2.18. The molecule has 1 aromatic carbocycles. The summed E-state index contributed by atoms with van der Waals surface area (Å²) in [5, 5.41) is 12.6. The summed E-state index contributed by atoms with van der Waals surface area (Å²) in [5.74, 6) is 2.99. The van der Waals surface area contributed by atoms with Crippen molar-refractivity contribution in [2.75, 3.05) is 33.2 Å². The molecule has 0 N–H and O–H groups in total. The second-order valence-electron chi connectivity index (χ2n) is 6.61. The first-order valence-corrected chi connectivity index (χ1v) is 10.7. The Hall–Kier alpha value is -2.26. The minimum atomic E-state index is 0.280. The Morgan fingerprint density at radius 1 is 1.18 bits per heavy atom. The molecule has 0 unspecified atom stereocenters. The molecule has 0 fully saturated rings. The Kier molecular flexibility index (Phi) is 6.46. The van der Waals surface area contributed by atoms with Crippen molar-refractivity contribution in [3.8, 4) is 22.1 Å². The van der Waals surface area contributed by atoms with Gasteiger partial charge in [-0.15, -0.1) is 21.5 Å². The van der Waals surface area contributed by atoms with Crippen LogP contribution in [0.25, 0.3) is 10.6 Å². The fraction of sp³-hybridized carbons (Fsp3) is 0.421. The van der Waals surface area contributed by atoms with Gasteiger partial charge in [-0.3, -0.25) is 4.57 Å². The minimum absolute atomic E-state index is 0.280. The molecule has 0 bridgehead atoms. The molecule has 0 saturated carbocycles. The zero-order chi connectivity index (χ0) is 20.3. The van der Waals surface area contributed by atoms with Crippen LogP contribution >= 0.6 is 23.1 Å². The molecule has 7 nitrogen and oxygen atoms in total. The first-order valence-electron chi connectivity index (χ1n) is 8.87. The van der Waals surface area contributed by atoms with Crippen LogP contribution in [0.4, 0.5) is 5.95 Å². The zero-order valence-electron chi connectivity index (χ0n) is 17.0. The number of para-hydroxylation sites is 1. The fourth-order valence-corrected chi connectivity index (χ4v) is 4.72. The Labute approximate surface area is 173 Å². The molecule has 0 spiro atoms. The standard InChI is InChI=1S/C19H25N5O2S2/c1-12(2)24-18(23(3)4)21-22-19(24)28-11-13-10-27-17(20-13)14-8-7-9-15(25-5)16(14)26-6/h7-10,12H,11H2,1-6H3. The summed E-state index contributed by atoms with van der Waals surface area (Å²) >= 11 is 3.24. The number of hydrogen-bond donors (Lipinski definition) is 0. The summed E-state index contributed by atoms with van der Waals surface area (Å²) in [5.41, 5.74) is 1.93. The first-order chi connectivity index (χ1) is 13.5. The van der Waals surface area contributed by atoms with Crippen LogP contribution in [-0.2, 0) is 5.75 Å². The quantitative estimate of drug-likeness (QED) is 0.503. The summed E-state index contributed by atoms with van der Waals surface area (Å²) in [6, 6.07) is 6.10. The predicted molar refractivity (Wildman–Crippen MR) is 115 cm³/mol. The lowest BCUT2D eigenvalue weighted by Crippen LogP contribution is -2.17. The average molecular weight is 420 g/mol. The van der Waals surface area contributed by atoms with Gasteiger partial charge in [-0.05, 0) is 26.0 Å². The van der Waals surface area contributed by atoms with Crippen molar-refractivity contribution >= 4 is 29.0 Å². The number of nitrogens with zero attached hydrogens (tertiary/aromatic N) is 5. The van der Waals surface area contributed by atoms with Crippen LogP contribution in [0.15, 0.2) is 28.7 Å². The maximum atomic E-state index is 5.54. The lowest BCUT2D eigenvalue weighted by Gasteiger charge is -2.17. The minimum Gasteiger partial charge on any atom is -0.493 e. The third-order valence-corrected chi connectivity index (χ3v) is 6.00. The maximum absolute atomic E-state index is 5.54. The van der Waals surface area contributed by atoms with Gasteiger partial charge in [-0.2, -0.15) is 0 Å². The number of aromatic nitrogens is 4. The van der Waals surface area contributed by atoms with Gasteiger partial charge in [0.2, 0.25) is 5.95 Å². The molecule has 2 aromatic heterocycles. The molecule has 0 radical (unpaired) electrons. The summed E-state index contributed by atoms with van der Waals surface area (Å²) < 4.78 is 13.1. The van der Waals surface area contributed by atoms with Gasteiger partial charge >= 0.3 is 0 Å². The number of benzene rings is 1. The number of thioether (sulfide) groups is 1. The second-order valence-corrected chi connectivity index (χ2v) is 8.42. The third-order valence-electron chi connectivity index (χ3n) is 4.10. The van der Waals surface area contributed by atoms with Crippen molar-refractivity contribution in [3.63, 3.8) is 0 Å². The highest BCUT2D eigenvalue weighted by molar-refractivity contribution is 7.98. The summed E-state index contributed by atoms with van der Waals surface area (Å²) in [6.07, 6.45) is 0. The van der Waals surface area contributed by atoms with E-state index in [1.807, 2.05) is 37.2 Å². The molecule has 150 valence electrons. The molecule has 28 heavy (non-hydrogen) atoms. The molecule has 9 heteroatoms. The van der Waals surface area contributed by atoms with Gasteiger partial charge in [0.05, 0.1) is 25.5 Å². The molecule has 2 heterocycles. The van der Waals surface area contributed by atoms with Crippen LogP contribution < -0.4 is 14.4 Å². The number of hydrogen-bond acceptors (Lipinski definition) is 8. The van der Waals surface area contributed by atoms with Crippen molar-refractivity contribution < 1.29 is 9.47 Å². The van der Waals surface area contributed by atoms with Crippen LogP contribution in [-0.4, -0.2) is 48.1 Å². The van der Waals surface area contributed by atoms with E-state index in [9.17, 15) is 0 Å². The van der Waals surface area contributed by atoms with Crippen molar-refractivity contribution in [3.05, 3.63) is 29.3 Å². The van der Waals surface area contributed by atoms with E-state index < -0.39 is 0 Å². The Bertz CT molecular complexity index is 936. The molecular formula is C19H25N5O2S2. The van der Waals surface area contributed by atoms with Crippen molar-refractivity contribution in [1.82, 2.24) is 19.7 Å². The largest absolute Gasteiger partial charge is 0.493 e. The first kappa shape index (κ1) is 20.5. The van der Waals surface area contributed by atoms with Crippen molar-refractivity contribution in [2.24, 2.45) is 0 Å². The van der Waals surface area contributed by atoms with Gasteiger partial charge in [0, 0.05) is 31.3 Å². The summed E-state index contributed by atoms with van der Waals surface area (Å²) in [7, 11) is 7.24. The Balaban J connectivity index is 1.80. The highest BCUT2D eigenvalue weighted by Crippen LogP contribution is 2.39. The van der Waals surface area contributed by atoms with E-state index in [0.29, 0.717) is 11.5 Å². The van der Waals surface area contributed by atoms with Gasteiger partial charge in [-0.1, -0.05) is 17.8 Å². The van der Waals surface area contributed by atoms with E-state index in [2.05, 4.69) is 34.0 Å². The lowest BCUT2D eigenvalue weighted by molar-refractivity contribution is 0.356. The van der Waals surface area contributed by atoms with E-state index in [1.165, 1.54) is 0 Å². The lowest BCUT2D eigenvalue weighted by atomic mass is 10.2. The number of anilines is 1. The maximum Gasteiger partial charge on any atom is 0.227 e. The zero-order valence-corrected chi connectivity index (χ0v) is 18.6. The van der Waals surface area contributed by atoms with E-state index in [0.717, 1.165) is 33.1 Å². The van der Waals surface area contributed by atoms with E-state index >= 15 is 0 Å². The molecule has 3 rings (SSSR count). The second kappa shape index (κ2) is 8.83. The normalized spacial score (nSPS) is 11.1. The third kappa shape index (κ3) is 4.10. The van der Waals surface area contributed by atoms with Crippen LogP contribution in [0.5, 0.6) is 11.5 Å². The van der Waals surface area contributed by atoms with Crippen molar-refractivity contribution in [2.45, 2.75) is 30.8 Å². The van der Waals surface area contributed by atoms with E-state index in [-0.39, 0.29) is 6.04 Å². The topological polar surface area (TPSA) is 65.3 Å². The monoisotopic (exact) mass is 419 g/mol. The predicted octanol–water partition coefficient (Wildman–Crippen LogP) is 4.36. The van der Waals surface area contributed by atoms with Gasteiger partial charge in [0.15, 0.2) is 16.7 Å². The molecule has 0 aliphatic rings. The number of methoxy groups -OCH3 is 2. The van der Waals surface area contributed by atoms with Gasteiger partial charge < -0.3 is 14.4 Å². The summed E-state index contributed by atoms with van der Waals surface area (Å²) in [6.45, 7) is 4.27. The van der Waals surface area contributed by atoms with Crippen LogP contribution in [0.2, 0.25) is 0 Å². The SMILES string of the molecule is COc1cccc(-c2nc(CSc3nnc(N(C)C)n3C(C)C)cs2)c1OC. The molecule has 0 saturated heterocycles. The molecule has 0 aliphatic heterocycles. The Morgan fingerprint density at radius 3 is 2.61 bits per heavy atom. The van der Waals surface area contributed by atoms with Crippen LogP contribution in [0.3, 0.4) is 0 Å². The number of rotatable bonds is 8. The molecular weight excluding hydrogens is 394 g/mol. The number of thiazole rings is 1. The smallest absolute Gasteiger partial charge is 0.227 e. The molecule has 0 atom stereocenters. The van der Waals surface area contributed by atoms with E-state index in [4.69, 9.17) is 14.5 Å². The highest BCUT2D eigenvalue weighted by atomic mass is 32.2. The van der Waals surface area contributed by atoms with Crippen LogP contribution in [0.1, 0.15) is 25.6 Å². The Morgan fingerprint density at radius 2 is 1.96 bits per heavy atom. The van der Waals surface area contributed by atoms with Crippen molar-refractivity contribution in [1.29, 1.82) is 0 Å². The average Bonchev–Trinajstić information content (AvgIpc) is 3.32. The fourth-order valence-electron chi connectivity index (χ4n) is 2.82.